The van der Waals surface area contributed by atoms with Crippen LogP contribution in [0.1, 0.15) is 37.5 Å². The summed E-state index contributed by atoms with van der Waals surface area (Å²) in [7, 11) is 0. The van der Waals surface area contributed by atoms with Crippen molar-refractivity contribution in [2.24, 2.45) is 0 Å². The molecule has 0 atom stereocenters. The van der Waals surface area contributed by atoms with E-state index in [1.54, 1.807) is 13.8 Å². The summed E-state index contributed by atoms with van der Waals surface area (Å²) in [6.45, 7) is 9.85. The van der Waals surface area contributed by atoms with Crippen LogP contribution in [0.3, 0.4) is 0 Å². The molecule has 3 aromatic carbocycles. The van der Waals surface area contributed by atoms with Crippen LogP contribution in [0.15, 0.2) is 48.5 Å². The Morgan fingerprint density at radius 3 is 1.59 bits per heavy atom. The van der Waals surface area contributed by atoms with Crippen molar-refractivity contribution in [2.75, 3.05) is 0 Å². The van der Waals surface area contributed by atoms with E-state index >= 15 is 0 Å². The molecule has 0 aliphatic heterocycles. The molecule has 2 heterocycles. The van der Waals surface area contributed by atoms with Crippen molar-refractivity contribution < 1.29 is 17.6 Å². The fourth-order valence-corrected chi connectivity index (χ4v) is 4.89. The molecule has 0 aliphatic carbocycles. The van der Waals surface area contributed by atoms with E-state index in [0.29, 0.717) is 16.8 Å². The number of rotatable bonds is 1. The van der Waals surface area contributed by atoms with Crippen molar-refractivity contribution >= 4 is 56.6 Å². The maximum absolute atomic E-state index is 14.0. The lowest BCUT2D eigenvalue weighted by molar-refractivity contribution is 0.590. The molecule has 0 saturated carbocycles. The van der Waals surface area contributed by atoms with E-state index < -0.39 is 23.3 Å². The number of nitrogens with zero attached hydrogens (tertiary/aromatic N) is 2. The fraction of sp³-hybridized carbons (Fsp3) is 0.200. The molecular weight excluding hydrogens is 571 g/mol. The van der Waals surface area contributed by atoms with E-state index in [-0.39, 0.29) is 42.4 Å². The van der Waals surface area contributed by atoms with Gasteiger partial charge in [0.2, 0.25) is 0 Å². The molecule has 0 aliphatic rings. The summed E-state index contributed by atoms with van der Waals surface area (Å²) < 4.78 is 53.9. The first-order valence-electron chi connectivity index (χ1n) is 11.8. The second kappa shape index (κ2) is 10.9. The van der Waals surface area contributed by atoms with Gasteiger partial charge in [0.25, 0.3) is 0 Å². The van der Waals surface area contributed by atoms with Crippen LogP contribution in [0.4, 0.5) is 17.6 Å². The molecule has 0 unspecified atom stereocenters. The predicted molar refractivity (Wildman–Crippen MR) is 152 cm³/mol. The molecule has 5 aromatic rings. The molecule has 2 aromatic heterocycles. The number of pyridine rings is 2. The molecule has 0 bridgehead atoms. The zero-order valence-corrected chi connectivity index (χ0v) is 23.9. The number of fused-ring (bicyclic) bond motifs is 2. The van der Waals surface area contributed by atoms with E-state index in [0.717, 1.165) is 23.8 Å². The summed E-state index contributed by atoms with van der Waals surface area (Å²) in [5, 5.41) is 0.845. The Kier molecular flexibility index (Phi) is 8.13. The SMILES string of the molecule is Cc1c(-c2ccc(C(C)(C)C)cc2)nc2cc(F)cc(F)c2c1Cl.Cc1c(Cl)nc2cc(F)cc(F)c2c1Cl. The Labute approximate surface area is 238 Å². The Morgan fingerprint density at radius 1 is 0.641 bits per heavy atom. The predicted octanol–water partition coefficient (Wildman–Crippen LogP) is 10.6. The van der Waals surface area contributed by atoms with Gasteiger partial charge in [0.05, 0.1) is 37.5 Å². The summed E-state index contributed by atoms with van der Waals surface area (Å²) in [4.78, 5) is 8.31. The zero-order valence-electron chi connectivity index (χ0n) is 21.7. The highest BCUT2D eigenvalue weighted by atomic mass is 35.5. The summed E-state index contributed by atoms with van der Waals surface area (Å²) in [5.41, 5.74) is 4.26. The fourth-order valence-electron chi connectivity index (χ4n) is 4.10. The molecule has 0 amide bonds. The Hall–Kier alpha value is -2.93. The van der Waals surface area contributed by atoms with E-state index in [1.807, 2.05) is 24.3 Å². The van der Waals surface area contributed by atoms with Crippen molar-refractivity contribution in [3.63, 3.8) is 0 Å². The normalized spacial score (nSPS) is 11.6. The Bertz CT molecular complexity index is 1730. The van der Waals surface area contributed by atoms with E-state index in [4.69, 9.17) is 34.8 Å². The summed E-state index contributed by atoms with van der Waals surface area (Å²) in [6, 6.07) is 11.9. The molecule has 0 saturated heterocycles. The lowest BCUT2D eigenvalue weighted by atomic mass is 9.86. The number of aromatic nitrogens is 2. The van der Waals surface area contributed by atoms with Gasteiger partial charge in [0, 0.05) is 35.4 Å². The van der Waals surface area contributed by atoms with Crippen LogP contribution in [0.25, 0.3) is 33.1 Å². The second-order valence-corrected chi connectivity index (χ2v) is 11.2. The standard InChI is InChI=1S/C20H18ClF2N.C10H5Cl2F2N/c1-11-18(21)17-15(23)9-14(22)10-16(17)24-19(11)12-5-7-13(8-6-12)20(2,3)4;1-4-9(11)8-6(14)2-5(13)3-7(8)15-10(4)12/h5-10H,1-4H3;2-3H,1H3. The van der Waals surface area contributed by atoms with Gasteiger partial charge in [-0.15, -0.1) is 0 Å². The lowest BCUT2D eigenvalue weighted by Crippen LogP contribution is -2.10. The topological polar surface area (TPSA) is 25.8 Å². The Balaban J connectivity index is 0.000000202. The van der Waals surface area contributed by atoms with Crippen LogP contribution in [-0.4, -0.2) is 9.97 Å². The van der Waals surface area contributed by atoms with Crippen molar-refractivity contribution in [1.29, 1.82) is 0 Å². The van der Waals surface area contributed by atoms with Crippen LogP contribution in [0.2, 0.25) is 15.2 Å². The molecule has 0 radical (unpaired) electrons. The number of benzene rings is 3. The highest BCUT2D eigenvalue weighted by Gasteiger charge is 2.18. The number of hydrogen-bond acceptors (Lipinski definition) is 2. The first kappa shape index (κ1) is 29.1. The third kappa shape index (κ3) is 5.84. The molecule has 2 nitrogen and oxygen atoms in total. The average molecular weight is 594 g/mol. The Morgan fingerprint density at radius 2 is 1.10 bits per heavy atom. The molecule has 5 rings (SSSR count). The van der Waals surface area contributed by atoms with Crippen LogP contribution in [-0.2, 0) is 5.41 Å². The third-order valence-corrected chi connectivity index (χ3v) is 7.62. The van der Waals surface area contributed by atoms with Crippen LogP contribution in [0.5, 0.6) is 0 Å². The first-order chi connectivity index (χ1) is 18.2. The smallest absolute Gasteiger partial charge is 0.137 e. The van der Waals surface area contributed by atoms with Crippen LogP contribution in [0, 0.1) is 37.1 Å². The maximum atomic E-state index is 14.0. The van der Waals surface area contributed by atoms with Gasteiger partial charge in [-0.05, 0) is 30.4 Å². The molecule has 0 fully saturated rings. The lowest BCUT2D eigenvalue weighted by Gasteiger charge is -2.19. The van der Waals surface area contributed by atoms with Gasteiger partial charge in [-0.2, -0.15) is 0 Å². The molecule has 202 valence electrons. The zero-order chi connectivity index (χ0) is 28.8. The minimum Gasteiger partial charge on any atom is -0.247 e. The van der Waals surface area contributed by atoms with Gasteiger partial charge >= 0.3 is 0 Å². The molecular formula is C30H23Cl3F4N2. The van der Waals surface area contributed by atoms with E-state index in [1.165, 1.54) is 11.6 Å². The third-order valence-electron chi connectivity index (χ3n) is 6.31. The highest BCUT2D eigenvalue weighted by molar-refractivity contribution is 6.39. The minimum absolute atomic E-state index is 0.0499. The van der Waals surface area contributed by atoms with Crippen LogP contribution < -0.4 is 0 Å². The quantitative estimate of drug-likeness (QED) is 0.143. The highest BCUT2D eigenvalue weighted by Crippen LogP contribution is 2.36. The molecule has 0 N–H and O–H groups in total. The van der Waals surface area contributed by atoms with Gasteiger partial charge in [-0.25, -0.2) is 27.5 Å². The van der Waals surface area contributed by atoms with Gasteiger partial charge in [0.1, 0.15) is 28.4 Å². The van der Waals surface area contributed by atoms with Crippen molar-refractivity contribution in [2.45, 2.75) is 40.0 Å². The van der Waals surface area contributed by atoms with Gasteiger partial charge < -0.3 is 0 Å². The second-order valence-electron chi connectivity index (χ2n) is 10.1. The molecule has 9 heteroatoms. The minimum atomic E-state index is -0.734. The maximum Gasteiger partial charge on any atom is 0.137 e. The average Bonchev–Trinajstić information content (AvgIpc) is 2.84. The summed E-state index contributed by atoms with van der Waals surface area (Å²) in [6.07, 6.45) is 0. The molecule has 39 heavy (non-hydrogen) atoms. The summed E-state index contributed by atoms with van der Waals surface area (Å²) >= 11 is 18.0. The van der Waals surface area contributed by atoms with E-state index in [9.17, 15) is 17.6 Å². The van der Waals surface area contributed by atoms with Gasteiger partial charge in [-0.1, -0.05) is 79.8 Å². The summed E-state index contributed by atoms with van der Waals surface area (Å²) in [5.74, 6) is -2.80. The van der Waals surface area contributed by atoms with Crippen molar-refractivity contribution in [1.82, 2.24) is 9.97 Å². The number of halogens is 7. The number of hydrogen-bond donors (Lipinski definition) is 0. The largest absolute Gasteiger partial charge is 0.247 e. The van der Waals surface area contributed by atoms with Crippen molar-refractivity contribution in [3.8, 4) is 11.3 Å². The first-order valence-corrected chi connectivity index (χ1v) is 13.0. The van der Waals surface area contributed by atoms with Crippen molar-refractivity contribution in [3.05, 3.63) is 104 Å². The van der Waals surface area contributed by atoms with E-state index in [2.05, 4.69) is 30.7 Å². The monoisotopic (exact) mass is 592 g/mol. The van der Waals surface area contributed by atoms with Crippen LogP contribution >= 0.6 is 34.8 Å². The molecule has 0 spiro atoms. The van der Waals surface area contributed by atoms with Gasteiger partial charge in [0.15, 0.2) is 0 Å². The van der Waals surface area contributed by atoms with Gasteiger partial charge in [-0.3, -0.25) is 0 Å².